The van der Waals surface area contributed by atoms with Gasteiger partial charge in [-0.1, -0.05) is 6.42 Å². The lowest BCUT2D eigenvalue weighted by atomic mass is 9.77. The number of carboxylic acid groups (broad SMARTS) is 1. The summed E-state index contributed by atoms with van der Waals surface area (Å²) in [6.07, 6.45) is 3.23. The zero-order chi connectivity index (χ0) is 12.6. The van der Waals surface area contributed by atoms with Crippen molar-refractivity contribution in [1.29, 1.82) is 0 Å². The molecule has 0 spiro atoms. The van der Waals surface area contributed by atoms with Gasteiger partial charge in [-0.25, -0.2) is 4.79 Å². The number of nitrogens with two attached hydrogens (primary N) is 1. The van der Waals surface area contributed by atoms with E-state index in [0.29, 0.717) is 16.0 Å². The smallest absolute Gasteiger partial charge is 0.335 e. The Kier molecular flexibility index (Phi) is 3.40. The summed E-state index contributed by atoms with van der Waals surface area (Å²) < 4.78 is 0.377. The molecule has 4 nitrogen and oxygen atoms in total. The lowest BCUT2D eigenvalue weighted by Crippen LogP contribution is -2.27. The van der Waals surface area contributed by atoms with Crippen LogP contribution < -0.4 is 5.73 Å². The number of aromatic carboxylic acids is 1. The maximum atomic E-state index is 10.9. The van der Waals surface area contributed by atoms with Gasteiger partial charge in [0.05, 0.1) is 10.0 Å². The number of halogens is 1. The number of rotatable bonds is 3. The van der Waals surface area contributed by atoms with Crippen molar-refractivity contribution in [2.75, 3.05) is 0 Å². The molecule has 1 atom stereocenters. The molecule has 0 aliphatic heterocycles. The summed E-state index contributed by atoms with van der Waals surface area (Å²) in [5.41, 5.74) is 6.72. The molecule has 0 unspecified atom stereocenters. The lowest BCUT2D eigenvalue weighted by Gasteiger charge is -2.32. The van der Waals surface area contributed by atoms with Crippen LogP contribution in [0.25, 0.3) is 0 Å². The third kappa shape index (κ3) is 2.30. The fraction of sp³-hybridized carbons (Fsp3) is 0.417. The summed E-state index contributed by atoms with van der Waals surface area (Å²) in [4.78, 5) is 10.9. The highest BCUT2D eigenvalue weighted by Crippen LogP contribution is 2.41. The highest BCUT2D eigenvalue weighted by molar-refractivity contribution is 9.10. The van der Waals surface area contributed by atoms with Gasteiger partial charge >= 0.3 is 5.97 Å². The summed E-state index contributed by atoms with van der Waals surface area (Å²) in [5, 5.41) is 18.9. The van der Waals surface area contributed by atoms with Gasteiger partial charge in [0.25, 0.3) is 0 Å². The van der Waals surface area contributed by atoms with E-state index in [4.69, 9.17) is 10.8 Å². The molecule has 92 valence electrons. The second kappa shape index (κ2) is 4.66. The zero-order valence-corrected chi connectivity index (χ0v) is 10.8. The lowest BCUT2D eigenvalue weighted by molar-refractivity contribution is 0.0696. The number of phenolic OH excluding ortho intramolecular Hbond substituents is 1. The second-order valence-corrected chi connectivity index (χ2v) is 5.27. The molecule has 1 fully saturated rings. The van der Waals surface area contributed by atoms with E-state index in [0.717, 1.165) is 19.3 Å². The Hall–Kier alpha value is -1.07. The van der Waals surface area contributed by atoms with E-state index in [2.05, 4.69) is 15.9 Å². The van der Waals surface area contributed by atoms with Crippen LogP contribution in [0.5, 0.6) is 5.75 Å². The molecule has 0 aromatic heterocycles. The molecular weight excluding hydrogens is 286 g/mol. The number of hydrogen-bond acceptors (Lipinski definition) is 3. The largest absolute Gasteiger partial charge is 0.506 e. The predicted molar refractivity (Wildman–Crippen MR) is 67.0 cm³/mol. The van der Waals surface area contributed by atoms with Crippen LogP contribution in [0.2, 0.25) is 0 Å². The SMILES string of the molecule is N[C@H](c1cc(C(=O)O)cc(Br)c1O)C1CCC1. The summed E-state index contributed by atoms with van der Waals surface area (Å²) >= 11 is 3.15. The van der Waals surface area contributed by atoms with E-state index in [9.17, 15) is 9.90 Å². The number of carboxylic acids is 1. The fourth-order valence-corrected chi connectivity index (χ4v) is 2.53. The second-order valence-electron chi connectivity index (χ2n) is 4.42. The minimum Gasteiger partial charge on any atom is -0.506 e. The number of benzene rings is 1. The molecule has 1 aliphatic rings. The summed E-state index contributed by atoms with van der Waals surface area (Å²) in [6, 6.07) is 2.56. The number of aromatic hydroxyl groups is 1. The van der Waals surface area contributed by atoms with E-state index >= 15 is 0 Å². The molecule has 0 radical (unpaired) electrons. The molecule has 5 heteroatoms. The topological polar surface area (TPSA) is 83.6 Å². The molecule has 1 aromatic rings. The molecule has 1 aromatic carbocycles. The number of carbonyl (C=O) groups is 1. The van der Waals surface area contributed by atoms with Crippen LogP contribution in [0.3, 0.4) is 0 Å². The van der Waals surface area contributed by atoms with Crippen molar-refractivity contribution in [1.82, 2.24) is 0 Å². The Morgan fingerprint density at radius 1 is 1.47 bits per heavy atom. The van der Waals surface area contributed by atoms with Gasteiger partial charge in [0.1, 0.15) is 5.75 Å². The number of hydrogen-bond donors (Lipinski definition) is 3. The number of phenols is 1. The van der Waals surface area contributed by atoms with Crippen LogP contribution in [0.4, 0.5) is 0 Å². The molecule has 0 saturated heterocycles. The van der Waals surface area contributed by atoms with Gasteiger partial charge in [0.15, 0.2) is 0 Å². The molecule has 4 N–H and O–H groups in total. The summed E-state index contributed by atoms with van der Waals surface area (Å²) in [5.74, 6) is -0.626. The zero-order valence-electron chi connectivity index (χ0n) is 9.19. The summed E-state index contributed by atoms with van der Waals surface area (Å²) in [6.45, 7) is 0. The van der Waals surface area contributed by atoms with E-state index in [1.807, 2.05) is 0 Å². The average Bonchev–Trinajstić information content (AvgIpc) is 2.18. The maximum absolute atomic E-state index is 10.9. The maximum Gasteiger partial charge on any atom is 0.335 e. The Morgan fingerprint density at radius 2 is 2.12 bits per heavy atom. The molecule has 2 rings (SSSR count). The van der Waals surface area contributed by atoms with Gasteiger partial charge in [-0.05, 0) is 46.8 Å². The highest BCUT2D eigenvalue weighted by Gasteiger charge is 2.28. The molecule has 1 saturated carbocycles. The van der Waals surface area contributed by atoms with Crippen molar-refractivity contribution < 1.29 is 15.0 Å². The van der Waals surface area contributed by atoms with Gasteiger partial charge in [-0.2, -0.15) is 0 Å². The monoisotopic (exact) mass is 299 g/mol. The van der Waals surface area contributed by atoms with Crippen LogP contribution in [0.1, 0.15) is 41.2 Å². The van der Waals surface area contributed by atoms with Gasteiger partial charge in [-0.15, -0.1) is 0 Å². The Balaban J connectivity index is 2.40. The van der Waals surface area contributed by atoms with E-state index in [1.165, 1.54) is 12.1 Å². The van der Waals surface area contributed by atoms with Crippen LogP contribution in [-0.2, 0) is 0 Å². The molecular formula is C12H14BrNO3. The van der Waals surface area contributed by atoms with Crippen molar-refractivity contribution >= 4 is 21.9 Å². The van der Waals surface area contributed by atoms with E-state index in [-0.39, 0.29) is 17.4 Å². The molecule has 0 amide bonds. The van der Waals surface area contributed by atoms with E-state index < -0.39 is 5.97 Å². The Morgan fingerprint density at radius 3 is 2.59 bits per heavy atom. The average molecular weight is 300 g/mol. The summed E-state index contributed by atoms with van der Waals surface area (Å²) in [7, 11) is 0. The Bertz CT molecular complexity index is 457. The van der Waals surface area contributed by atoms with Crippen molar-refractivity contribution in [2.45, 2.75) is 25.3 Å². The minimum atomic E-state index is -1.02. The van der Waals surface area contributed by atoms with Gasteiger partial charge in [0, 0.05) is 11.6 Å². The van der Waals surface area contributed by atoms with Crippen LogP contribution in [0.15, 0.2) is 16.6 Å². The fourth-order valence-electron chi connectivity index (χ4n) is 2.05. The van der Waals surface area contributed by atoms with Gasteiger partial charge < -0.3 is 15.9 Å². The van der Waals surface area contributed by atoms with Crippen molar-refractivity contribution in [2.24, 2.45) is 11.7 Å². The predicted octanol–water partition coefficient (Wildman–Crippen LogP) is 2.65. The third-order valence-corrected chi connectivity index (χ3v) is 3.96. The van der Waals surface area contributed by atoms with E-state index in [1.54, 1.807) is 0 Å². The minimum absolute atomic E-state index is 0.0504. The normalized spacial score (nSPS) is 17.5. The van der Waals surface area contributed by atoms with Crippen LogP contribution in [-0.4, -0.2) is 16.2 Å². The standard InChI is InChI=1S/C12H14BrNO3/c13-9-5-7(12(16)17)4-8(11(9)15)10(14)6-2-1-3-6/h4-6,10,15H,1-3,14H2,(H,16,17)/t10-/m0/s1. The van der Waals surface area contributed by atoms with Crippen LogP contribution >= 0.6 is 15.9 Å². The first-order valence-electron chi connectivity index (χ1n) is 5.52. The van der Waals surface area contributed by atoms with Crippen molar-refractivity contribution in [3.63, 3.8) is 0 Å². The van der Waals surface area contributed by atoms with Gasteiger partial charge in [-0.3, -0.25) is 0 Å². The first-order chi connectivity index (χ1) is 8.00. The van der Waals surface area contributed by atoms with Crippen LogP contribution in [0, 0.1) is 5.92 Å². The quantitative estimate of drug-likeness (QED) is 0.801. The van der Waals surface area contributed by atoms with Crippen molar-refractivity contribution in [3.8, 4) is 5.75 Å². The molecule has 1 aliphatic carbocycles. The van der Waals surface area contributed by atoms with Crippen molar-refractivity contribution in [3.05, 3.63) is 27.7 Å². The third-order valence-electron chi connectivity index (χ3n) is 3.36. The highest BCUT2D eigenvalue weighted by atomic mass is 79.9. The molecule has 17 heavy (non-hydrogen) atoms. The molecule has 0 bridgehead atoms. The first-order valence-corrected chi connectivity index (χ1v) is 6.31. The van der Waals surface area contributed by atoms with Gasteiger partial charge in [0.2, 0.25) is 0 Å². The Labute approximate surface area is 108 Å². The first kappa shape index (κ1) is 12.4. The molecule has 0 heterocycles.